The Morgan fingerprint density at radius 1 is 1.14 bits per heavy atom. The number of aromatic nitrogens is 1. The van der Waals surface area contributed by atoms with Crippen molar-refractivity contribution in [3.05, 3.63) is 59.3 Å². The normalized spacial score (nSPS) is 18.3. The van der Waals surface area contributed by atoms with Crippen LogP contribution in [-0.2, 0) is 4.79 Å². The van der Waals surface area contributed by atoms with Crippen LogP contribution in [0.1, 0.15) is 73.1 Å². The van der Waals surface area contributed by atoms with E-state index in [9.17, 15) is 18.8 Å². The van der Waals surface area contributed by atoms with E-state index in [-0.39, 0.29) is 56.8 Å². The quantitative estimate of drug-likeness (QED) is 0.341. The molecule has 190 valence electrons. The summed E-state index contributed by atoms with van der Waals surface area (Å²) in [6, 6.07) is 7.11. The van der Waals surface area contributed by atoms with Crippen molar-refractivity contribution >= 4 is 28.5 Å². The van der Waals surface area contributed by atoms with Crippen molar-refractivity contribution in [3.8, 4) is 11.1 Å². The molecule has 1 saturated carbocycles. The van der Waals surface area contributed by atoms with E-state index >= 15 is 4.39 Å². The summed E-state index contributed by atoms with van der Waals surface area (Å²) in [5.74, 6) is -1.88. The Balaban J connectivity index is 1.43. The van der Waals surface area contributed by atoms with Crippen molar-refractivity contribution in [3.63, 3.8) is 0 Å². The second kappa shape index (κ2) is 10.6. The molecular weight excluding hydrogens is 464 g/mol. The number of benzene rings is 2. The minimum absolute atomic E-state index is 0.0683. The molecule has 1 aromatic heterocycles. The minimum Gasteiger partial charge on any atom is -0.366 e. The third-order valence-electron chi connectivity index (χ3n) is 7.25. The molecule has 0 bridgehead atoms. The number of Topliss-reactive ketones (excluding diaryl/α,β-unsaturated/α-hetero) is 1. The van der Waals surface area contributed by atoms with E-state index in [2.05, 4.69) is 10.3 Å². The number of hydrogen-bond donors (Lipinski definition) is 3. The highest BCUT2D eigenvalue weighted by molar-refractivity contribution is 6.07. The zero-order valence-electron chi connectivity index (χ0n) is 20.5. The van der Waals surface area contributed by atoms with Gasteiger partial charge < -0.3 is 16.0 Å². The number of aromatic amines is 1. The Morgan fingerprint density at radius 3 is 2.61 bits per heavy atom. The molecule has 36 heavy (non-hydrogen) atoms. The molecule has 0 aliphatic heterocycles. The van der Waals surface area contributed by atoms with Crippen molar-refractivity contribution in [2.24, 2.45) is 17.6 Å². The van der Waals surface area contributed by atoms with Gasteiger partial charge in [-0.3, -0.25) is 14.4 Å². The number of halogens is 2. The minimum atomic E-state index is -0.716. The summed E-state index contributed by atoms with van der Waals surface area (Å²) in [5.41, 5.74) is 6.24. The van der Waals surface area contributed by atoms with Gasteiger partial charge in [-0.05, 0) is 61.8 Å². The number of carbonyl (C=O) groups is 3. The zero-order valence-corrected chi connectivity index (χ0v) is 20.5. The summed E-state index contributed by atoms with van der Waals surface area (Å²) < 4.78 is 29.7. The molecule has 3 atom stereocenters. The van der Waals surface area contributed by atoms with Crippen LogP contribution in [0.2, 0.25) is 0 Å². The van der Waals surface area contributed by atoms with Gasteiger partial charge in [-0.15, -0.1) is 0 Å². The van der Waals surface area contributed by atoms with E-state index in [1.807, 2.05) is 13.8 Å². The second-order valence-corrected chi connectivity index (χ2v) is 9.78. The molecule has 2 aromatic carbocycles. The number of primary amides is 1. The van der Waals surface area contributed by atoms with Crippen LogP contribution in [0.25, 0.3) is 22.0 Å². The third-order valence-corrected chi connectivity index (χ3v) is 7.25. The lowest BCUT2D eigenvalue weighted by molar-refractivity contribution is -0.121. The largest absolute Gasteiger partial charge is 0.366 e. The number of ketones is 1. The number of carbonyl (C=O) groups excluding carboxylic acids is 3. The zero-order chi connectivity index (χ0) is 26.0. The van der Waals surface area contributed by atoms with Gasteiger partial charge in [0, 0.05) is 41.1 Å². The SMILES string of the molecule is CCC(=O)NC1CCC(CCC(C)C(=O)c2ccc(-c3cc(F)c4[nH]cc(C(N)=O)c4c3)c(F)c2)C1. The molecular formula is C28H31F2N3O3. The smallest absolute Gasteiger partial charge is 0.250 e. The maximum Gasteiger partial charge on any atom is 0.250 e. The number of rotatable bonds is 9. The fourth-order valence-electron chi connectivity index (χ4n) is 5.15. The third kappa shape index (κ3) is 5.32. The van der Waals surface area contributed by atoms with Gasteiger partial charge in [-0.25, -0.2) is 8.78 Å². The number of fused-ring (bicyclic) bond motifs is 1. The van der Waals surface area contributed by atoms with Crippen molar-refractivity contribution in [1.82, 2.24) is 10.3 Å². The van der Waals surface area contributed by atoms with E-state index in [1.54, 1.807) is 6.07 Å². The van der Waals surface area contributed by atoms with Crippen LogP contribution in [0.5, 0.6) is 0 Å². The second-order valence-electron chi connectivity index (χ2n) is 9.78. The van der Waals surface area contributed by atoms with E-state index < -0.39 is 17.5 Å². The number of hydrogen-bond acceptors (Lipinski definition) is 3. The number of nitrogens with one attached hydrogen (secondary N) is 2. The summed E-state index contributed by atoms with van der Waals surface area (Å²) >= 11 is 0. The molecule has 3 aromatic rings. The maximum atomic E-state index is 15.1. The topological polar surface area (TPSA) is 105 Å². The number of H-pyrrole nitrogens is 1. The lowest BCUT2D eigenvalue weighted by Gasteiger charge is -2.16. The van der Waals surface area contributed by atoms with Crippen LogP contribution in [0.4, 0.5) is 8.78 Å². The molecule has 8 heteroatoms. The highest BCUT2D eigenvalue weighted by atomic mass is 19.1. The molecule has 4 rings (SSSR count). The Labute approximate surface area is 208 Å². The van der Waals surface area contributed by atoms with Crippen molar-refractivity contribution in [1.29, 1.82) is 0 Å². The lowest BCUT2D eigenvalue weighted by atomic mass is 9.89. The summed E-state index contributed by atoms with van der Waals surface area (Å²) in [7, 11) is 0. The van der Waals surface area contributed by atoms with Crippen LogP contribution in [0.15, 0.2) is 36.5 Å². The number of amides is 2. The van der Waals surface area contributed by atoms with Gasteiger partial charge in [0.05, 0.1) is 11.1 Å². The predicted molar refractivity (Wildman–Crippen MR) is 134 cm³/mol. The van der Waals surface area contributed by atoms with E-state index in [0.717, 1.165) is 25.7 Å². The number of nitrogens with two attached hydrogens (primary N) is 1. The summed E-state index contributed by atoms with van der Waals surface area (Å²) in [6.07, 6.45) is 6.28. The summed E-state index contributed by atoms with van der Waals surface area (Å²) in [5, 5.41) is 3.32. The van der Waals surface area contributed by atoms with Gasteiger partial charge in [0.25, 0.3) is 5.91 Å². The molecule has 1 aliphatic carbocycles. The maximum absolute atomic E-state index is 15.1. The first-order valence-corrected chi connectivity index (χ1v) is 12.4. The van der Waals surface area contributed by atoms with Crippen LogP contribution < -0.4 is 11.1 Å². The highest BCUT2D eigenvalue weighted by Crippen LogP contribution is 2.33. The standard InChI is InChI=1S/C28H31F2N3O3/c1-3-25(34)33-19-8-6-16(10-19)5-4-15(2)27(35)17-7-9-20(23(29)12-17)18-11-21-22(28(31)36)14-32-26(21)24(30)13-18/h7,9,11-16,19,32H,3-6,8,10H2,1-2H3,(H2,31,36)(H,33,34). The van der Waals surface area contributed by atoms with Gasteiger partial charge >= 0.3 is 0 Å². The van der Waals surface area contributed by atoms with Crippen molar-refractivity contribution in [2.75, 3.05) is 0 Å². The van der Waals surface area contributed by atoms with Gasteiger partial charge in [-0.2, -0.15) is 0 Å². The van der Waals surface area contributed by atoms with E-state index in [0.29, 0.717) is 18.8 Å². The van der Waals surface area contributed by atoms with Crippen molar-refractivity contribution < 1.29 is 23.2 Å². The molecule has 3 unspecified atom stereocenters. The monoisotopic (exact) mass is 495 g/mol. The average molecular weight is 496 g/mol. The predicted octanol–water partition coefficient (Wildman–Crippen LogP) is 5.51. The Kier molecular flexibility index (Phi) is 7.52. The molecule has 6 nitrogen and oxygen atoms in total. The molecule has 0 radical (unpaired) electrons. The highest BCUT2D eigenvalue weighted by Gasteiger charge is 2.27. The first-order chi connectivity index (χ1) is 17.2. The van der Waals surface area contributed by atoms with Gasteiger partial charge in [0.15, 0.2) is 5.78 Å². The van der Waals surface area contributed by atoms with E-state index in [1.165, 1.54) is 30.5 Å². The molecule has 0 saturated heterocycles. The van der Waals surface area contributed by atoms with Gasteiger partial charge in [0.2, 0.25) is 5.91 Å². The van der Waals surface area contributed by atoms with Crippen LogP contribution in [0, 0.1) is 23.5 Å². The molecule has 1 fully saturated rings. The lowest BCUT2D eigenvalue weighted by Crippen LogP contribution is -2.32. The molecule has 4 N–H and O–H groups in total. The van der Waals surface area contributed by atoms with Gasteiger partial charge in [0.1, 0.15) is 11.6 Å². The van der Waals surface area contributed by atoms with Crippen LogP contribution >= 0.6 is 0 Å². The Morgan fingerprint density at radius 2 is 1.92 bits per heavy atom. The van der Waals surface area contributed by atoms with Crippen molar-refractivity contribution in [2.45, 2.75) is 58.4 Å². The fourth-order valence-corrected chi connectivity index (χ4v) is 5.15. The average Bonchev–Trinajstić information content (AvgIpc) is 3.49. The molecule has 0 spiro atoms. The first-order valence-electron chi connectivity index (χ1n) is 12.4. The first kappa shape index (κ1) is 25.5. The Bertz CT molecular complexity index is 1320. The summed E-state index contributed by atoms with van der Waals surface area (Å²) in [4.78, 5) is 38.9. The van der Waals surface area contributed by atoms with Crippen LogP contribution in [-0.4, -0.2) is 28.6 Å². The fraction of sp³-hybridized carbons (Fsp3) is 0.393. The molecule has 1 heterocycles. The summed E-state index contributed by atoms with van der Waals surface area (Å²) in [6.45, 7) is 3.68. The molecule has 1 aliphatic rings. The molecule has 2 amide bonds. The van der Waals surface area contributed by atoms with Gasteiger partial charge in [-0.1, -0.05) is 26.0 Å². The van der Waals surface area contributed by atoms with Crippen LogP contribution in [0.3, 0.4) is 0 Å². The Hall–Kier alpha value is -3.55. The van der Waals surface area contributed by atoms with E-state index in [4.69, 9.17) is 5.73 Å².